The molecule has 1 aliphatic rings. The van der Waals surface area contributed by atoms with Gasteiger partial charge >= 0.3 is 0 Å². The Labute approximate surface area is 115 Å². The van der Waals surface area contributed by atoms with Crippen LogP contribution in [-0.4, -0.2) is 59.6 Å². The van der Waals surface area contributed by atoms with Crippen LogP contribution >= 0.6 is 0 Å². The molecule has 0 aromatic heterocycles. The smallest absolute Gasteiger partial charge is 0.114 e. The summed E-state index contributed by atoms with van der Waals surface area (Å²) in [5, 5.41) is 28.7. The molecule has 0 amide bonds. The summed E-state index contributed by atoms with van der Waals surface area (Å²) >= 11 is 0. The van der Waals surface area contributed by atoms with Crippen LogP contribution in [0.15, 0.2) is 0 Å². The molecule has 5 heteroatoms. The monoisotopic (exact) mass is 276 g/mol. The van der Waals surface area contributed by atoms with E-state index in [1.807, 2.05) is 0 Å². The highest BCUT2D eigenvalue weighted by atomic mass is 16.5. The summed E-state index contributed by atoms with van der Waals surface area (Å²) in [5.74, 6) is 0. The van der Waals surface area contributed by atoms with E-state index in [1.165, 1.54) is 25.7 Å². The molecule has 0 unspecified atom stereocenters. The van der Waals surface area contributed by atoms with Crippen molar-refractivity contribution in [2.45, 2.75) is 69.9 Å². The molecule has 1 aliphatic heterocycles. The zero-order chi connectivity index (χ0) is 14.1. The van der Waals surface area contributed by atoms with Gasteiger partial charge in [0.25, 0.3) is 0 Å². The van der Waals surface area contributed by atoms with Crippen molar-refractivity contribution in [3.63, 3.8) is 0 Å². The third-order valence-electron chi connectivity index (χ3n) is 3.50. The molecule has 0 aliphatic carbocycles. The maximum Gasteiger partial charge on any atom is 0.114 e. The normalized spacial score (nSPS) is 28.7. The Balaban J connectivity index is 1.97. The molecule has 0 saturated carbocycles. The SMILES string of the molecule is CCCCCCCCOC[C@@H](O)[C@@H]1OC[C@H](O)[C@@H]1O. The fourth-order valence-corrected chi connectivity index (χ4v) is 2.25. The number of hydrogen-bond acceptors (Lipinski definition) is 5. The van der Waals surface area contributed by atoms with Crippen LogP contribution < -0.4 is 0 Å². The summed E-state index contributed by atoms with van der Waals surface area (Å²) in [6, 6.07) is 0. The third-order valence-corrected chi connectivity index (χ3v) is 3.50. The van der Waals surface area contributed by atoms with E-state index in [1.54, 1.807) is 0 Å². The van der Waals surface area contributed by atoms with Gasteiger partial charge in [-0.3, -0.25) is 0 Å². The molecule has 0 aromatic carbocycles. The van der Waals surface area contributed by atoms with Crippen molar-refractivity contribution >= 4 is 0 Å². The molecule has 114 valence electrons. The average molecular weight is 276 g/mol. The lowest BCUT2D eigenvalue weighted by molar-refractivity contribution is -0.0813. The van der Waals surface area contributed by atoms with Crippen LogP contribution in [0.1, 0.15) is 45.4 Å². The van der Waals surface area contributed by atoms with Gasteiger partial charge in [-0.25, -0.2) is 0 Å². The molecule has 19 heavy (non-hydrogen) atoms. The van der Waals surface area contributed by atoms with Gasteiger partial charge in [0.05, 0.1) is 13.2 Å². The van der Waals surface area contributed by atoms with Gasteiger partial charge in [0.1, 0.15) is 24.4 Å². The van der Waals surface area contributed by atoms with E-state index in [2.05, 4.69) is 6.92 Å². The first-order chi connectivity index (χ1) is 9.16. The Morgan fingerprint density at radius 2 is 1.84 bits per heavy atom. The molecule has 1 saturated heterocycles. The van der Waals surface area contributed by atoms with Crippen LogP contribution in [0.4, 0.5) is 0 Å². The van der Waals surface area contributed by atoms with E-state index < -0.39 is 24.4 Å². The number of aliphatic hydroxyl groups excluding tert-OH is 3. The minimum Gasteiger partial charge on any atom is -0.388 e. The quantitative estimate of drug-likeness (QED) is 0.515. The van der Waals surface area contributed by atoms with Gasteiger partial charge in [-0.15, -0.1) is 0 Å². The Morgan fingerprint density at radius 3 is 2.47 bits per heavy atom. The summed E-state index contributed by atoms with van der Waals surface area (Å²) in [7, 11) is 0. The molecule has 1 fully saturated rings. The van der Waals surface area contributed by atoms with Crippen molar-refractivity contribution in [2.24, 2.45) is 0 Å². The minimum absolute atomic E-state index is 0.0698. The molecule has 1 rings (SSSR count). The van der Waals surface area contributed by atoms with Gasteiger partial charge in [0.15, 0.2) is 0 Å². The topological polar surface area (TPSA) is 79.2 Å². The summed E-state index contributed by atoms with van der Waals surface area (Å²) in [4.78, 5) is 0. The number of rotatable bonds is 10. The van der Waals surface area contributed by atoms with Crippen molar-refractivity contribution in [3.8, 4) is 0 Å². The second kappa shape index (κ2) is 9.66. The van der Waals surface area contributed by atoms with Crippen LogP contribution in [0, 0.1) is 0 Å². The van der Waals surface area contributed by atoms with Gasteiger partial charge in [0, 0.05) is 6.61 Å². The van der Waals surface area contributed by atoms with Crippen LogP contribution in [0.5, 0.6) is 0 Å². The van der Waals surface area contributed by atoms with Gasteiger partial charge in [-0.2, -0.15) is 0 Å². The molecule has 1 heterocycles. The van der Waals surface area contributed by atoms with Gasteiger partial charge in [-0.05, 0) is 6.42 Å². The van der Waals surface area contributed by atoms with Crippen LogP contribution in [0.25, 0.3) is 0 Å². The van der Waals surface area contributed by atoms with Crippen molar-refractivity contribution in [1.82, 2.24) is 0 Å². The largest absolute Gasteiger partial charge is 0.388 e. The van der Waals surface area contributed by atoms with Crippen LogP contribution in [0.2, 0.25) is 0 Å². The molecule has 0 radical (unpaired) electrons. The first kappa shape index (κ1) is 16.9. The predicted octanol–water partition coefficient (Wildman–Crippen LogP) is 0.845. The summed E-state index contributed by atoms with van der Waals surface area (Å²) in [6.07, 6.45) is 3.65. The van der Waals surface area contributed by atoms with Crippen molar-refractivity contribution in [3.05, 3.63) is 0 Å². The molecule has 4 atom stereocenters. The van der Waals surface area contributed by atoms with E-state index in [9.17, 15) is 15.3 Å². The Kier molecular flexibility index (Phi) is 8.57. The summed E-state index contributed by atoms with van der Waals surface area (Å²) < 4.78 is 10.5. The number of ether oxygens (including phenoxy) is 2. The van der Waals surface area contributed by atoms with Gasteiger partial charge in [0.2, 0.25) is 0 Å². The molecule has 0 spiro atoms. The van der Waals surface area contributed by atoms with E-state index in [0.29, 0.717) is 6.61 Å². The highest BCUT2D eigenvalue weighted by molar-refractivity contribution is 4.87. The highest BCUT2D eigenvalue weighted by Gasteiger charge is 2.39. The van der Waals surface area contributed by atoms with Gasteiger partial charge in [-0.1, -0.05) is 39.0 Å². The Morgan fingerprint density at radius 1 is 1.16 bits per heavy atom. The molecule has 0 bridgehead atoms. The molecule has 5 nitrogen and oxygen atoms in total. The van der Waals surface area contributed by atoms with Crippen LogP contribution in [-0.2, 0) is 9.47 Å². The average Bonchev–Trinajstić information content (AvgIpc) is 2.73. The number of unbranched alkanes of at least 4 members (excludes halogenated alkanes) is 5. The van der Waals surface area contributed by atoms with Crippen LogP contribution in [0.3, 0.4) is 0 Å². The van der Waals surface area contributed by atoms with Gasteiger partial charge < -0.3 is 24.8 Å². The van der Waals surface area contributed by atoms with Crippen molar-refractivity contribution in [1.29, 1.82) is 0 Å². The second-order valence-corrected chi connectivity index (χ2v) is 5.27. The van der Waals surface area contributed by atoms with Crippen molar-refractivity contribution < 1.29 is 24.8 Å². The summed E-state index contributed by atoms with van der Waals surface area (Å²) in [6.45, 7) is 3.03. The lowest BCUT2D eigenvalue weighted by Gasteiger charge is -2.20. The third kappa shape index (κ3) is 6.19. The minimum atomic E-state index is -1.02. The number of hydrogen-bond donors (Lipinski definition) is 3. The lowest BCUT2D eigenvalue weighted by Crippen LogP contribution is -2.40. The zero-order valence-corrected chi connectivity index (χ0v) is 11.8. The molecular weight excluding hydrogens is 248 g/mol. The fraction of sp³-hybridized carbons (Fsp3) is 1.00. The standard InChI is InChI=1S/C14H28O5/c1-2-3-4-5-6-7-8-18-9-12(16)14-13(17)11(15)10-19-14/h11-17H,2-10H2,1H3/t11-,12+,13-,14-/m0/s1. The zero-order valence-electron chi connectivity index (χ0n) is 11.8. The molecule has 3 N–H and O–H groups in total. The lowest BCUT2D eigenvalue weighted by atomic mass is 10.1. The first-order valence-electron chi connectivity index (χ1n) is 7.40. The first-order valence-corrected chi connectivity index (χ1v) is 7.40. The molecule has 0 aromatic rings. The van der Waals surface area contributed by atoms with Crippen molar-refractivity contribution in [2.75, 3.05) is 19.8 Å². The van der Waals surface area contributed by atoms with E-state index in [0.717, 1.165) is 12.8 Å². The molecular formula is C14H28O5. The van der Waals surface area contributed by atoms with E-state index in [-0.39, 0.29) is 13.2 Å². The maximum absolute atomic E-state index is 9.79. The Hall–Kier alpha value is -0.200. The fourth-order valence-electron chi connectivity index (χ4n) is 2.25. The maximum atomic E-state index is 9.79. The predicted molar refractivity (Wildman–Crippen MR) is 72.0 cm³/mol. The Bertz CT molecular complexity index is 224. The summed E-state index contributed by atoms with van der Waals surface area (Å²) in [5.41, 5.74) is 0. The van der Waals surface area contributed by atoms with E-state index >= 15 is 0 Å². The number of aliphatic hydroxyl groups is 3. The van der Waals surface area contributed by atoms with E-state index in [4.69, 9.17) is 9.47 Å². The highest BCUT2D eigenvalue weighted by Crippen LogP contribution is 2.17. The second-order valence-electron chi connectivity index (χ2n) is 5.27.